The van der Waals surface area contributed by atoms with E-state index in [-0.39, 0.29) is 18.9 Å². The quantitative estimate of drug-likeness (QED) is 0.807. The fourth-order valence-electron chi connectivity index (χ4n) is 1.94. The second-order valence-corrected chi connectivity index (χ2v) is 6.68. The maximum absolute atomic E-state index is 12.0. The van der Waals surface area contributed by atoms with E-state index in [1.807, 2.05) is 6.07 Å². The maximum Gasteiger partial charge on any atom is 0.232 e. The predicted molar refractivity (Wildman–Crippen MR) is 85.1 cm³/mol. The first-order valence-corrected chi connectivity index (χ1v) is 8.47. The number of carbonyl (C=O) groups is 1. The SMILES string of the molecule is CS(=O)(=O)N(Cc1ccc(C(=O)CN)cn1)c1ccccc1. The molecular formula is C15H17N3O3S. The van der Waals surface area contributed by atoms with Crippen molar-refractivity contribution in [2.24, 2.45) is 5.73 Å². The Morgan fingerprint density at radius 1 is 1.18 bits per heavy atom. The second-order valence-electron chi connectivity index (χ2n) is 4.77. The van der Waals surface area contributed by atoms with Crippen LogP contribution >= 0.6 is 0 Å². The smallest absolute Gasteiger partial charge is 0.232 e. The lowest BCUT2D eigenvalue weighted by atomic mass is 10.2. The highest BCUT2D eigenvalue weighted by molar-refractivity contribution is 7.92. The molecule has 0 saturated carbocycles. The van der Waals surface area contributed by atoms with E-state index >= 15 is 0 Å². The summed E-state index contributed by atoms with van der Waals surface area (Å²) in [6.07, 6.45) is 2.56. The fourth-order valence-corrected chi connectivity index (χ4v) is 2.81. The maximum atomic E-state index is 12.0. The van der Waals surface area contributed by atoms with E-state index in [1.54, 1.807) is 36.4 Å². The van der Waals surface area contributed by atoms with Crippen molar-refractivity contribution in [1.29, 1.82) is 0 Å². The Balaban J connectivity index is 2.27. The van der Waals surface area contributed by atoms with Crippen molar-refractivity contribution >= 4 is 21.5 Å². The van der Waals surface area contributed by atoms with Crippen LogP contribution in [-0.4, -0.2) is 32.0 Å². The van der Waals surface area contributed by atoms with Crippen LogP contribution in [0.1, 0.15) is 16.1 Å². The summed E-state index contributed by atoms with van der Waals surface area (Å²) in [7, 11) is -3.44. The van der Waals surface area contributed by atoms with Crippen LogP contribution in [0.5, 0.6) is 0 Å². The first kappa shape index (κ1) is 16.1. The number of benzene rings is 1. The Morgan fingerprint density at radius 2 is 1.86 bits per heavy atom. The van der Waals surface area contributed by atoms with E-state index in [0.29, 0.717) is 16.9 Å². The molecule has 2 aromatic rings. The molecular weight excluding hydrogens is 302 g/mol. The van der Waals surface area contributed by atoms with E-state index in [4.69, 9.17) is 5.73 Å². The number of carbonyl (C=O) groups excluding carboxylic acids is 1. The van der Waals surface area contributed by atoms with Crippen molar-refractivity contribution in [1.82, 2.24) is 4.98 Å². The van der Waals surface area contributed by atoms with Crippen molar-refractivity contribution in [3.8, 4) is 0 Å². The summed E-state index contributed by atoms with van der Waals surface area (Å²) < 4.78 is 25.2. The molecule has 0 unspecified atom stereocenters. The van der Waals surface area contributed by atoms with E-state index in [9.17, 15) is 13.2 Å². The first-order valence-electron chi connectivity index (χ1n) is 6.63. The molecule has 2 rings (SSSR count). The number of rotatable bonds is 6. The number of sulfonamides is 1. The van der Waals surface area contributed by atoms with Gasteiger partial charge in [0, 0.05) is 11.8 Å². The van der Waals surface area contributed by atoms with Gasteiger partial charge in [-0.2, -0.15) is 0 Å². The summed E-state index contributed by atoms with van der Waals surface area (Å²) in [4.78, 5) is 15.6. The molecule has 0 aliphatic heterocycles. The third-order valence-corrected chi connectivity index (χ3v) is 4.22. The van der Waals surface area contributed by atoms with Gasteiger partial charge in [0.2, 0.25) is 10.0 Å². The van der Waals surface area contributed by atoms with Crippen LogP contribution in [-0.2, 0) is 16.6 Å². The molecule has 7 heteroatoms. The van der Waals surface area contributed by atoms with Gasteiger partial charge in [0.15, 0.2) is 5.78 Å². The molecule has 0 atom stereocenters. The monoisotopic (exact) mass is 319 g/mol. The lowest BCUT2D eigenvalue weighted by Crippen LogP contribution is -2.29. The fraction of sp³-hybridized carbons (Fsp3) is 0.200. The van der Waals surface area contributed by atoms with Gasteiger partial charge in [0.05, 0.1) is 30.7 Å². The van der Waals surface area contributed by atoms with Crippen LogP contribution < -0.4 is 10.0 Å². The van der Waals surface area contributed by atoms with Crippen LogP contribution in [0.15, 0.2) is 48.7 Å². The molecule has 0 radical (unpaired) electrons. The van der Waals surface area contributed by atoms with Crippen LogP contribution in [0, 0.1) is 0 Å². The number of para-hydroxylation sites is 1. The number of Topliss-reactive ketones (excluding diaryl/α,β-unsaturated/α-hetero) is 1. The molecule has 0 spiro atoms. The Hall–Kier alpha value is -2.25. The molecule has 6 nitrogen and oxygen atoms in total. The average molecular weight is 319 g/mol. The number of ketones is 1. The van der Waals surface area contributed by atoms with Gasteiger partial charge in [0.1, 0.15) is 0 Å². The molecule has 0 saturated heterocycles. The highest BCUT2D eigenvalue weighted by Gasteiger charge is 2.18. The van der Waals surface area contributed by atoms with Gasteiger partial charge < -0.3 is 5.73 Å². The Morgan fingerprint density at radius 3 is 2.36 bits per heavy atom. The average Bonchev–Trinajstić information content (AvgIpc) is 2.52. The third kappa shape index (κ3) is 3.90. The van der Waals surface area contributed by atoms with E-state index in [1.165, 1.54) is 10.5 Å². The van der Waals surface area contributed by atoms with E-state index < -0.39 is 10.0 Å². The number of nitrogens with zero attached hydrogens (tertiary/aromatic N) is 2. The topological polar surface area (TPSA) is 93.4 Å². The van der Waals surface area contributed by atoms with Gasteiger partial charge in [-0.25, -0.2) is 8.42 Å². The molecule has 1 heterocycles. The lowest BCUT2D eigenvalue weighted by Gasteiger charge is -2.22. The Kier molecular flexibility index (Phi) is 4.89. The minimum atomic E-state index is -3.44. The molecule has 0 aliphatic rings. The standard InChI is InChI=1S/C15H17N3O3S/c1-22(20,21)18(14-5-3-2-4-6-14)11-13-8-7-12(10-17-13)15(19)9-16/h2-8,10H,9,11,16H2,1H3. The number of nitrogens with two attached hydrogens (primary N) is 1. The van der Waals surface area contributed by atoms with Gasteiger partial charge in [0.25, 0.3) is 0 Å². The molecule has 1 aromatic heterocycles. The summed E-state index contributed by atoms with van der Waals surface area (Å²) in [6.45, 7) is 0.0143. The summed E-state index contributed by atoms with van der Waals surface area (Å²) >= 11 is 0. The second kappa shape index (κ2) is 6.67. The van der Waals surface area contributed by atoms with Crippen molar-refractivity contribution < 1.29 is 13.2 Å². The number of aromatic nitrogens is 1. The summed E-state index contributed by atoms with van der Waals surface area (Å²) in [6, 6.07) is 12.0. The number of hydrogen-bond donors (Lipinski definition) is 1. The van der Waals surface area contributed by atoms with Gasteiger partial charge in [-0.1, -0.05) is 18.2 Å². The van der Waals surface area contributed by atoms with Crippen molar-refractivity contribution in [2.45, 2.75) is 6.54 Å². The molecule has 1 aromatic carbocycles. The summed E-state index contributed by atoms with van der Waals surface area (Å²) in [5.41, 5.74) is 6.81. The molecule has 0 fully saturated rings. The number of anilines is 1. The molecule has 2 N–H and O–H groups in total. The van der Waals surface area contributed by atoms with Crippen LogP contribution in [0.25, 0.3) is 0 Å². The first-order chi connectivity index (χ1) is 10.4. The molecule has 0 bridgehead atoms. The van der Waals surface area contributed by atoms with Gasteiger partial charge >= 0.3 is 0 Å². The van der Waals surface area contributed by atoms with E-state index in [0.717, 1.165) is 6.26 Å². The minimum Gasteiger partial charge on any atom is -0.324 e. The lowest BCUT2D eigenvalue weighted by molar-refractivity contribution is 0.100. The zero-order chi connectivity index (χ0) is 16.2. The predicted octanol–water partition coefficient (Wildman–Crippen LogP) is 1.19. The van der Waals surface area contributed by atoms with E-state index in [2.05, 4.69) is 4.98 Å². The zero-order valence-electron chi connectivity index (χ0n) is 12.1. The van der Waals surface area contributed by atoms with Gasteiger partial charge in [-0.05, 0) is 24.3 Å². The Bertz CT molecular complexity index is 743. The molecule has 0 aliphatic carbocycles. The van der Waals surface area contributed by atoms with Gasteiger partial charge in [-0.15, -0.1) is 0 Å². The molecule has 0 amide bonds. The highest BCUT2D eigenvalue weighted by atomic mass is 32.2. The summed E-state index contributed by atoms with van der Waals surface area (Å²) in [5, 5.41) is 0. The normalized spacial score (nSPS) is 11.2. The largest absolute Gasteiger partial charge is 0.324 e. The van der Waals surface area contributed by atoms with Gasteiger partial charge in [-0.3, -0.25) is 14.1 Å². The van der Waals surface area contributed by atoms with Crippen LogP contribution in [0.4, 0.5) is 5.69 Å². The van der Waals surface area contributed by atoms with Crippen molar-refractivity contribution in [3.63, 3.8) is 0 Å². The minimum absolute atomic E-state index is 0.0828. The van der Waals surface area contributed by atoms with Crippen molar-refractivity contribution in [2.75, 3.05) is 17.1 Å². The summed E-state index contributed by atoms with van der Waals surface area (Å²) in [5.74, 6) is -0.206. The number of hydrogen-bond acceptors (Lipinski definition) is 5. The van der Waals surface area contributed by atoms with Crippen LogP contribution in [0.2, 0.25) is 0 Å². The van der Waals surface area contributed by atoms with Crippen molar-refractivity contribution in [3.05, 3.63) is 59.9 Å². The Labute approximate surface area is 129 Å². The zero-order valence-corrected chi connectivity index (χ0v) is 13.0. The molecule has 22 heavy (non-hydrogen) atoms. The highest BCUT2D eigenvalue weighted by Crippen LogP contribution is 2.19. The number of pyridine rings is 1. The van der Waals surface area contributed by atoms with Crippen LogP contribution in [0.3, 0.4) is 0 Å². The molecule has 116 valence electrons. The third-order valence-electron chi connectivity index (χ3n) is 3.08.